The average Bonchev–Trinajstić information content (AvgIpc) is 3.62. The molecule has 250 valence electrons. The molecule has 0 saturated carbocycles. The topological polar surface area (TPSA) is 150 Å². The Morgan fingerprint density at radius 3 is 2.11 bits per heavy atom. The lowest BCUT2D eigenvalue weighted by Crippen LogP contribution is -2.49. The molecule has 1 heterocycles. The van der Waals surface area contributed by atoms with E-state index in [1.54, 1.807) is 26.2 Å². The maximum absolute atomic E-state index is 13.8. The van der Waals surface area contributed by atoms with Crippen LogP contribution in [0, 0.1) is 0 Å². The van der Waals surface area contributed by atoms with Crippen LogP contribution in [-0.2, 0) is 16.4 Å². The summed E-state index contributed by atoms with van der Waals surface area (Å²) < 4.78 is 36.5. The lowest BCUT2D eigenvalue weighted by Gasteiger charge is -2.27. The number of carbonyl (C=O) groups is 2. The molecule has 3 aromatic carbocycles. The van der Waals surface area contributed by atoms with Crippen LogP contribution in [0.5, 0.6) is 5.75 Å². The largest absolute Gasteiger partial charge is 0.497 e. The molecule has 11 nitrogen and oxygen atoms in total. The summed E-state index contributed by atoms with van der Waals surface area (Å²) in [7, 11) is -0.771. The Bertz CT molecular complexity index is 1730. The van der Waals surface area contributed by atoms with Crippen LogP contribution in [0.1, 0.15) is 63.5 Å². The first-order chi connectivity index (χ1) is 22.3. The summed E-state index contributed by atoms with van der Waals surface area (Å²) in [5.41, 5.74) is 2.17. The molecule has 1 unspecified atom stereocenters. The molecule has 0 radical (unpaired) electrons. The Labute approximate surface area is 276 Å². The third kappa shape index (κ3) is 9.67. The highest BCUT2D eigenvalue weighted by atomic mass is 32.2. The van der Waals surface area contributed by atoms with E-state index < -0.39 is 40.0 Å². The average molecular weight is 663 g/mol. The molecule has 2 amide bonds. The lowest BCUT2D eigenvalue weighted by atomic mass is 9.99. The number of methoxy groups -OCH3 is 1. The standard InChI is InChI=1S/C35H42N4O7S/c1-23(26-13-15-30(45-4)16-14-26)36-22-32(40)31(18-25-10-7-6-8-11-25)38-35(42)28-19-27(20-29(21-28)39(3)47(5,43)44)34(41)37-24(2)33-12-9-17-46-33/h6-17,19-21,23-24,31-32,36,40H,18,22H2,1-5H3,(H,37,41)(H,38,42)/t23-,24?,31+,32-/m1/s1. The minimum Gasteiger partial charge on any atom is -0.497 e. The molecule has 0 aliphatic rings. The molecule has 0 aliphatic carbocycles. The molecular formula is C35H42N4O7S. The smallest absolute Gasteiger partial charge is 0.251 e. The van der Waals surface area contributed by atoms with E-state index >= 15 is 0 Å². The number of anilines is 1. The molecule has 0 spiro atoms. The van der Waals surface area contributed by atoms with Gasteiger partial charge in [-0.3, -0.25) is 13.9 Å². The van der Waals surface area contributed by atoms with Gasteiger partial charge in [-0.2, -0.15) is 0 Å². The number of sulfonamides is 1. The van der Waals surface area contributed by atoms with E-state index in [0.29, 0.717) is 12.2 Å². The zero-order chi connectivity index (χ0) is 34.1. The second kappa shape index (κ2) is 15.8. The quantitative estimate of drug-likeness (QED) is 0.148. The van der Waals surface area contributed by atoms with E-state index in [1.165, 1.54) is 31.5 Å². The fraction of sp³-hybridized carbons (Fsp3) is 0.314. The van der Waals surface area contributed by atoms with E-state index in [9.17, 15) is 23.1 Å². The first-order valence-electron chi connectivity index (χ1n) is 15.2. The van der Waals surface area contributed by atoms with Crippen LogP contribution in [-0.4, -0.2) is 64.4 Å². The Hall–Kier alpha value is -4.65. The number of nitrogens with one attached hydrogen (secondary N) is 3. The number of hydrogen-bond acceptors (Lipinski definition) is 8. The summed E-state index contributed by atoms with van der Waals surface area (Å²) >= 11 is 0. The van der Waals surface area contributed by atoms with Crippen LogP contribution in [0.15, 0.2) is 95.6 Å². The molecule has 1 aromatic heterocycles. The van der Waals surface area contributed by atoms with Gasteiger partial charge in [-0.15, -0.1) is 0 Å². The van der Waals surface area contributed by atoms with Gasteiger partial charge in [0, 0.05) is 30.8 Å². The number of amides is 2. The van der Waals surface area contributed by atoms with Crippen molar-refractivity contribution in [3.63, 3.8) is 0 Å². The summed E-state index contributed by atoms with van der Waals surface area (Å²) in [6.45, 7) is 3.89. The second-order valence-electron chi connectivity index (χ2n) is 11.4. The Balaban J connectivity index is 1.58. The van der Waals surface area contributed by atoms with Crippen LogP contribution in [0.4, 0.5) is 5.69 Å². The molecule has 0 aliphatic heterocycles. The van der Waals surface area contributed by atoms with Gasteiger partial charge >= 0.3 is 0 Å². The van der Waals surface area contributed by atoms with Crippen molar-refractivity contribution in [3.05, 3.63) is 119 Å². The highest BCUT2D eigenvalue weighted by Crippen LogP contribution is 2.23. The van der Waals surface area contributed by atoms with Crippen molar-refractivity contribution in [1.82, 2.24) is 16.0 Å². The molecule has 0 bridgehead atoms. The predicted octanol–water partition coefficient (Wildman–Crippen LogP) is 4.23. The zero-order valence-corrected chi connectivity index (χ0v) is 28.0. The molecule has 4 aromatic rings. The maximum Gasteiger partial charge on any atom is 0.251 e. The van der Waals surface area contributed by atoms with Gasteiger partial charge < -0.3 is 30.2 Å². The summed E-state index contributed by atoms with van der Waals surface area (Å²) in [4.78, 5) is 27.1. The van der Waals surface area contributed by atoms with Crippen LogP contribution in [0.25, 0.3) is 0 Å². The number of furan rings is 1. The van der Waals surface area contributed by atoms with Gasteiger partial charge in [0.15, 0.2) is 0 Å². The number of hydrogen-bond donors (Lipinski definition) is 4. The Kier molecular flexibility index (Phi) is 11.8. The summed E-state index contributed by atoms with van der Waals surface area (Å²) in [5.74, 6) is 0.175. The normalized spacial score (nSPS) is 14.0. The van der Waals surface area contributed by atoms with Gasteiger partial charge in [-0.25, -0.2) is 8.42 Å². The number of nitrogens with zero attached hydrogens (tertiary/aromatic N) is 1. The van der Waals surface area contributed by atoms with Gasteiger partial charge in [0.2, 0.25) is 10.0 Å². The van der Waals surface area contributed by atoms with Crippen LogP contribution in [0.3, 0.4) is 0 Å². The summed E-state index contributed by atoms with van der Waals surface area (Å²) in [5, 5.41) is 20.5. The van der Waals surface area contributed by atoms with Gasteiger partial charge in [0.1, 0.15) is 11.5 Å². The maximum atomic E-state index is 13.8. The Morgan fingerprint density at radius 2 is 1.53 bits per heavy atom. The lowest BCUT2D eigenvalue weighted by molar-refractivity contribution is 0.0825. The number of aliphatic hydroxyl groups is 1. The van der Waals surface area contributed by atoms with Crippen molar-refractivity contribution in [1.29, 1.82) is 0 Å². The van der Waals surface area contributed by atoms with Crippen LogP contribution < -0.4 is 25.0 Å². The van der Waals surface area contributed by atoms with Crippen molar-refractivity contribution < 1.29 is 32.3 Å². The van der Waals surface area contributed by atoms with E-state index in [1.807, 2.05) is 61.5 Å². The molecule has 0 saturated heterocycles. The zero-order valence-electron chi connectivity index (χ0n) is 27.1. The van der Waals surface area contributed by atoms with Crippen molar-refractivity contribution in [2.45, 2.75) is 44.5 Å². The number of benzene rings is 3. The van der Waals surface area contributed by atoms with Gasteiger partial charge in [0.05, 0.1) is 43.5 Å². The monoisotopic (exact) mass is 662 g/mol. The fourth-order valence-electron chi connectivity index (χ4n) is 4.99. The number of aliphatic hydroxyl groups excluding tert-OH is 1. The van der Waals surface area contributed by atoms with Crippen molar-refractivity contribution in [2.75, 3.05) is 31.3 Å². The fourth-order valence-corrected chi connectivity index (χ4v) is 5.48. The van der Waals surface area contributed by atoms with E-state index in [0.717, 1.165) is 27.4 Å². The first-order valence-corrected chi connectivity index (χ1v) is 17.0. The SMILES string of the molecule is COc1ccc([C@@H](C)NC[C@@H](O)[C@H](Cc2ccccc2)NC(=O)c2cc(C(=O)NC(C)c3ccco3)cc(N(C)S(C)(=O)=O)c2)cc1. The van der Waals surface area contributed by atoms with Gasteiger partial charge in [0.25, 0.3) is 11.8 Å². The Morgan fingerprint density at radius 1 is 0.894 bits per heavy atom. The summed E-state index contributed by atoms with van der Waals surface area (Å²) in [6.07, 6.45) is 1.85. The molecule has 4 N–H and O–H groups in total. The van der Waals surface area contributed by atoms with E-state index in [2.05, 4.69) is 16.0 Å². The van der Waals surface area contributed by atoms with E-state index in [4.69, 9.17) is 9.15 Å². The number of carbonyl (C=O) groups excluding carboxylic acids is 2. The molecule has 4 atom stereocenters. The molecule has 12 heteroatoms. The highest BCUT2D eigenvalue weighted by molar-refractivity contribution is 7.92. The number of rotatable bonds is 15. The second-order valence-corrected chi connectivity index (χ2v) is 13.5. The van der Waals surface area contributed by atoms with Gasteiger partial charge in [-0.1, -0.05) is 42.5 Å². The minimum atomic E-state index is -3.72. The molecule has 47 heavy (non-hydrogen) atoms. The van der Waals surface area contributed by atoms with E-state index in [-0.39, 0.29) is 29.4 Å². The minimum absolute atomic E-state index is 0.0543. The molecular weight excluding hydrogens is 620 g/mol. The van der Waals surface area contributed by atoms with Crippen LogP contribution in [0.2, 0.25) is 0 Å². The van der Waals surface area contributed by atoms with Crippen LogP contribution >= 0.6 is 0 Å². The first kappa shape index (κ1) is 35.2. The van der Waals surface area contributed by atoms with Crippen molar-refractivity contribution >= 4 is 27.5 Å². The highest BCUT2D eigenvalue weighted by Gasteiger charge is 2.25. The molecule has 4 rings (SSSR count). The third-order valence-corrected chi connectivity index (χ3v) is 9.15. The predicted molar refractivity (Wildman–Crippen MR) is 181 cm³/mol. The third-order valence-electron chi connectivity index (χ3n) is 7.95. The number of ether oxygens (including phenoxy) is 1. The van der Waals surface area contributed by atoms with Crippen molar-refractivity contribution in [2.24, 2.45) is 0 Å². The van der Waals surface area contributed by atoms with Crippen molar-refractivity contribution in [3.8, 4) is 5.75 Å². The van der Waals surface area contributed by atoms with Gasteiger partial charge in [-0.05, 0) is 73.9 Å². The molecule has 0 fully saturated rings. The summed E-state index contributed by atoms with van der Waals surface area (Å²) in [6, 6.07) is 23.4.